The summed E-state index contributed by atoms with van der Waals surface area (Å²) in [4.78, 5) is 22.7. The van der Waals surface area contributed by atoms with Gasteiger partial charge in [-0.15, -0.1) is 11.6 Å². The fourth-order valence-electron chi connectivity index (χ4n) is 1.64. The summed E-state index contributed by atoms with van der Waals surface area (Å²) in [6.45, 7) is 5.56. The molecular formula is C11H20ClNO3. The number of hydrogen-bond acceptors (Lipinski definition) is 2. The number of alkyl halides is 1. The van der Waals surface area contributed by atoms with Crippen LogP contribution in [0.25, 0.3) is 0 Å². The minimum Gasteiger partial charge on any atom is -0.479 e. The Kier molecular flexibility index (Phi) is 6.41. The highest BCUT2D eigenvalue weighted by atomic mass is 35.5. The van der Waals surface area contributed by atoms with Gasteiger partial charge in [0.1, 0.15) is 11.4 Å². The van der Waals surface area contributed by atoms with Crippen LogP contribution in [-0.2, 0) is 9.59 Å². The van der Waals surface area contributed by atoms with E-state index in [1.165, 1.54) is 0 Å². The molecule has 1 atom stereocenters. The molecule has 0 aromatic carbocycles. The second kappa shape index (κ2) is 6.74. The lowest BCUT2D eigenvalue weighted by Crippen LogP contribution is -2.58. The Morgan fingerprint density at radius 1 is 1.44 bits per heavy atom. The van der Waals surface area contributed by atoms with Gasteiger partial charge in [0.05, 0.1) is 0 Å². The molecule has 94 valence electrons. The average molecular weight is 250 g/mol. The zero-order valence-corrected chi connectivity index (χ0v) is 10.8. The van der Waals surface area contributed by atoms with Crippen molar-refractivity contribution >= 4 is 23.5 Å². The van der Waals surface area contributed by atoms with Gasteiger partial charge in [-0.3, -0.25) is 4.79 Å². The number of halogens is 1. The van der Waals surface area contributed by atoms with E-state index in [2.05, 4.69) is 5.32 Å². The predicted octanol–water partition coefficient (Wildman–Crippen LogP) is 2.01. The molecule has 0 saturated heterocycles. The van der Waals surface area contributed by atoms with Crippen LogP contribution in [0.15, 0.2) is 0 Å². The Labute approximate surface area is 101 Å². The van der Waals surface area contributed by atoms with E-state index in [1.54, 1.807) is 13.8 Å². The van der Waals surface area contributed by atoms with Crippen molar-refractivity contribution in [1.82, 2.24) is 5.32 Å². The molecule has 0 bridgehead atoms. The molecule has 0 aliphatic rings. The third-order valence-corrected chi connectivity index (χ3v) is 3.02. The van der Waals surface area contributed by atoms with Crippen molar-refractivity contribution in [3.8, 4) is 0 Å². The predicted molar refractivity (Wildman–Crippen MR) is 63.6 cm³/mol. The van der Waals surface area contributed by atoms with Gasteiger partial charge in [0.2, 0.25) is 5.91 Å². The van der Waals surface area contributed by atoms with Crippen LogP contribution in [0, 0.1) is 5.92 Å². The maximum Gasteiger partial charge on any atom is 0.329 e. The van der Waals surface area contributed by atoms with Gasteiger partial charge in [0, 0.05) is 0 Å². The number of unbranched alkanes of at least 4 members (excludes halogenated alkanes) is 1. The summed E-state index contributed by atoms with van der Waals surface area (Å²) in [5, 5.41) is 11.9. The molecule has 0 radical (unpaired) electrons. The monoisotopic (exact) mass is 249 g/mol. The third-order valence-electron chi connectivity index (χ3n) is 2.78. The second-order valence-corrected chi connectivity index (χ2v) is 4.48. The summed E-state index contributed by atoms with van der Waals surface area (Å²) in [5.74, 6) is -1.82. The third kappa shape index (κ3) is 3.67. The van der Waals surface area contributed by atoms with Gasteiger partial charge < -0.3 is 10.4 Å². The number of nitrogens with one attached hydrogen (secondary N) is 1. The van der Waals surface area contributed by atoms with Crippen molar-refractivity contribution in [2.75, 3.05) is 5.88 Å². The lowest BCUT2D eigenvalue weighted by molar-refractivity contribution is -0.150. The van der Waals surface area contributed by atoms with Gasteiger partial charge in [-0.1, -0.05) is 33.6 Å². The van der Waals surface area contributed by atoms with Crippen molar-refractivity contribution in [2.24, 2.45) is 5.92 Å². The van der Waals surface area contributed by atoms with Crippen molar-refractivity contribution < 1.29 is 14.7 Å². The number of carboxylic acid groups (broad SMARTS) is 1. The lowest BCUT2D eigenvalue weighted by atomic mass is 9.81. The van der Waals surface area contributed by atoms with Crippen LogP contribution in [0.2, 0.25) is 0 Å². The summed E-state index contributed by atoms with van der Waals surface area (Å²) >= 11 is 5.40. The first kappa shape index (κ1) is 15.2. The molecule has 0 saturated carbocycles. The lowest BCUT2D eigenvalue weighted by Gasteiger charge is -2.34. The van der Waals surface area contributed by atoms with Crippen LogP contribution in [0.4, 0.5) is 0 Å². The zero-order valence-electron chi connectivity index (χ0n) is 10.0. The Bertz CT molecular complexity index is 256. The highest BCUT2D eigenvalue weighted by Gasteiger charge is 2.42. The number of rotatable bonds is 7. The van der Waals surface area contributed by atoms with Gasteiger partial charge in [0.15, 0.2) is 0 Å². The molecule has 0 spiro atoms. The molecule has 0 fully saturated rings. The van der Waals surface area contributed by atoms with E-state index >= 15 is 0 Å². The van der Waals surface area contributed by atoms with Crippen LogP contribution in [0.1, 0.15) is 40.0 Å². The quantitative estimate of drug-likeness (QED) is 0.679. The fourth-order valence-corrected chi connectivity index (χ4v) is 1.71. The van der Waals surface area contributed by atoms with E-state index < -0.39 is 17.4 Å². The van der Waals surface area contributed by atoms with Crippen molar-refractivity contribution in [1.29, 1.82) is 0 Å². The zero-order chi connectivity index (χ0) is 12.8. The Morgan fingerprint density at radius 3 is 2.31 bits per heavy atom. The highest BCUT2D eigenvalue weighted by molar-refractivity contribution is 6.27. The molecule has 0 unspecified atom stereocenters. The number of amides is 1. The number of carboxylic acids is 1. The maximum absolute atomic E-state index is 11.4. The topological polar surface area (TPSA) is 66.4 Å². The molecule has 0 rings (SSSR count). The molecule has 2 N–H and O–H groups in total. The van der Waals surface area contributed by atoms with E-state index in [0.717, 1.165) is 12.8 Å². The molecule has 0 aromatic heterocycles. The van der Waals surface area contributed by atoms with Crippen LogP contribution in [0.3, 0.4) is 0 Å². The van der Waals surface area contributed by atoms with E-state index in [1.807, 2.05) is 6.92 Å². The highest BCUT2D eigenvalue weighted by Crippen LogP contribution is 2.24. The Hall–Kier alpha value is -0.770. The van der Waals surface area contributed by atoms with E-state index in [-0.39, 0.29) is 11.8 Å². The van der Waals surface area contributed by atoms with Crippen molar-refractivity contribution in [2.45, 2.75) is 45.6 Å². The molecule has 4 nitrogen and oxygen atoms in total. The van der Waals surface area contributed by atoms with Gasteiger partial charge >= 0.3 is 5.97 Å². The first-order chi connectivity index (χ1) is 7.40. The summed E-state index contributed by atoms with van der Waals surface area (Å²) in [5.41, 5.74) is -1.19. The summed E-state index contributed by atoms with van der Waals surface area (Å²) in [7, 11) is 0. The smallest absolute Gasteiger partial charge is 0.329 e. The standard InChI is InChI=1S/C11H20ClNO3/c1-4-5-6-11(8(2)3,10(15)16)13-9(14)7-12/h8H,4-7H2,1-3H3,(H,13,14)(H,15,16)/t11-/m1/s1. The summed E-state index contributed by atoms with van der Waals surface area (Å²) in [6.07, 6.45) is 2.07. The Balaban J connectivity index is 4.93. The number of aliphatic carboxylic acids is 1. The molecule has 1 amide bonds. The molecular weight excluding hydrogens is 230 g/mol. The molecule has 16 heavy (non-hydrogen) atoms. The van der Waals surface area contributed by atoms with E-state index in [4.69, 9.17) is 11.6 Å². The van der Waals surface area contributed by atoms with Crippen molar-refractivity contribution in [3.63, 3.8) is 0 Å². The van der Waals surface area contributed by atoms with Gasteiger partial charge in [-0.05, 0) is 12.3 Å². The molecule has 0 aliphatic heterocycles. The summed E-state index contributed by atoms with van der Waals surface area (Å²) < 4.78 is 0. The fraction of sp³-hybridized carbons (Fsp3) is 0.818. The first-order valence-electron chi connectivity index (χ1n) is 5.51. The number of carbonyl (C=O) groups excluding carboxylic acids is 1. The largest absolute Gasteiger partial charge is 0.479 e. The summed E-state index contributed by atoms with van der Waals surface area (Å²) in [6, 6.07) is 0. The minimum absolute atomic E-state index is 0.177. The molecule has 0 aromatic rings. The normalized spacial score (nSPS) is 14.6. The first-order valence-corrected chi connectivity index (χ1v) is 6.04. The van der Waals surface area contributed by atoms with E-state index in [0.29, 0.717) is 6.42 Å². The van der Waals surface area contributed by atoms with Crippen LogP contribution < -0.4 is 5.32 Å². The maximum atomic E-state index is 11.4. The molecule has 0 heterocycles. The second-order valence-electron chi connectivity index (χ2n) is 4.22. The Morgan fingerprint density at radius 2 is 2.00 bits per heavy atom. The van der Waals surface area contributed by atoms with Crippen molar-refractivity contribution in [3.05, 3.63) is 0 Å². The van der Waals surface area contributed by atoms with Crippen LogP contribution in [0.5, 0.6) is 0 Å². The van der Waals surface area contributed by atoms with Crippen LogP contribution in [-0.4, -0.2) is 28.4 Å². The van der Waals surface area contributed by atoms with Gasteiger partial charge in [-0.2, -0.15) is 0 Å². The molecule has 0 aliphatic carbocycles. The van der Waals surface area contributed by atoms with Crippen LogP contribution >= 0.6 is 11.6 Å². The number of hydrogen-bond donors (Lipinski definition) is 2. The average Bonchev–Trinajstić information content (AvgIpc) is 2.22. The van der Waals surface area contributed by atoms with Gasteiger partial charge in [0.25, 0.3) is 0 Å². The van der Waals surface area contributed by atoms with E-state index in [9.17, 15) is 14.7 Å². The number of carbonyl (C=O) groups is 2. The minimum atomic E-state index is -1.19. The molecule has 5 heteroatoms. The SMILES string of the molecule is CCCC[C@](NC(=O)CCl)(C(=O)O)C(C)C. The van der Waals surface area contributed by atoms with Gasteiger partial charge in [-0.25, -0.2) is 4.79 Å².